The molecule has 1 aromatic carbocycles. The van der Waals surface area contributed by atoms with E-state index in [-0.39, 0.29) is 5.82 Å². The van der Waals surface area contributed by atoms with Crippen LogP contribution in [0.25, 0.3) is 0 Å². The molecule has 0 bridgehead atoms. The number of benzene rings is 1. The van der Waals surface area contributed by atoms with Crippen LogP contribution < -0.4 is 5.32 Å². The fourth-order valence-corrected chi connectivity index (χ4v) is 3.49. The summed E-state index contributed by atoms with van der Waals surface area (Å²) in [4.78, 5) is 0. The van der Waals surface area contributed by atoms with Crippen LogP contribution in [0.15, 0.2) is 18.2 Å². The zero-order chi connectivity index (χ0) is 13.8. The Hall–Kier alpha value is -0.930. The number of hydrogen-bond acceptors (Lipinski definition) is 2. The molecular weight excluding hydrogens is 253 g/mol. The van der Waals surface area contributed by atoms with Gasteiger partial charge in [-0.3, -0.25) is 0 Å². The average Bonchev–Trinajstić information content (AvgIpc) is 2.87. The second-order valence-corrected chi connectivity index (χ2v) is 6.02. The molecule has 2 aliphatic carbocycles. The standard InChI is InChI=1S/C17H24FNO/c18-14-7-8-16-13(12-14)6-9-17(16)19-10-11-20-15-4-2-1-3-5-15/h7-8,12,15,17,19H,1-6,9-11H2. The summed E-state index contributed by atoms with van der Waals surface area (Å²) in [6.07, 6.45) is 9.00. The van der Waals surface area contributed by atoms with Crippen LogP contribution in [-0.4, -0.2) is 19.3 Å². The molecule has 2 nitrogen and oxygen atoms in total. The molecule has 0 spiro atoms. The first kappa shape index (κ1) is 14.0. The lowest BCUT2D eigenvalue weighted by molar-refractivity contribution is 0.0294. The number of aryl methyl sites for hydroxylation is 1. The van der Waals surface area contributed by atoms with Crippen molar-refractivity contribution in [2.75, 3.05) is 13.2 Å². The minimum atomic E-state index is -0.120. The van der Waals surface area contributed by atoms with Gasteiger partial charge in [0.15, 0.2) is 0 Å². The van der Waals surface area contributed by atoms with Crippen molar-refractivity contribution in [2.24, 2.45) is 0 Å². The number of rotatable bonds is 5. The van der Waals surface area contributed by atoms with Crippen LogP contribution in [0.1, 0.15) is 55.7 Å². The molecule has 0 radical (unpaired) electrons. The molecule has 0 saturated heterocycles. The Balaban J connectivity index is 1.41. The summed E-state index contributed by atoms with van der Waals surface area (Å²) < 4.78 is 19.1. The van der Waals surface area contributed by atoms with E-state index in [4.69, 9.17) is 4.74 Å². The SMILES string of the molecule is Fc1ccc2c(c1)CCC2NCCOC1CCCCC1. The molecule has 1 atom stereocenters. The zero-order valence-corrected chi connectivity index (χ0v) is 12.0. The molecule has 3 heteroatoms. The highest BCUT2D eigenvalue weighted by molar-refractivity contribution is 5.34. The van der Waals surface area contributed by atoms with Crippen molar-refractivity contribution in [2.45, 2.75) is 57.1 Å². The monoisotopic (exact) mass is 277 g/mol. The molecule has 0 aromatic heterocycles. The number of ether oxygens (including phenoxy) is 1. The topological polar surface area (TPSA) is 21.3 Å². The predicted molar refractivity (Wildman–Crippen MR) is 78.3 cm³/mol. The van der Waals surface area contributed by atoms with Crippen LogP contribution in [-0.2, 0) is 11.2 Å². The average molecular weight is 277 g/mol. The molecule has 0 heterocycles. The van der Waals surface area contributed by atoms with Gasteiger partial charge in [-0.25, -0.2) is 4.39 Å². The Labute approximate surface area is 120 Å². The van der Waals surface area contributed by atoms with Gasteiger partial charge in [-0.2, -0.15) is 0 Å². The first-order valence-corrected chi connectivity index (χ1v) is 7.96. The molecule has 110 valence electrons. The van der Waals surface area contributed by atoms with Crippen molar-refractivity contribution in [3.8, 4) is 0 Å². The van der Waals surface area contributed by atoms with Crippen LogP contribution in [0.4, 0.5) is 4.39 Å². The van der Waals surface area contributed by atoms with Gasteiger partial charge in [0.05, 0.1) is 12.7 Å². The molecule has 1 saturated carbocycles. The van der Waals surface area contributed by atoms with Crippen molar-refractivity contribution < 1.29 is 9.13 Å². The van der Waals surface area contributed by atoms with Crippen molar-refractivity contribution in [1.82, 2.24) is 5.32 Å². The Morgan fingerprint density at radius 2 is 2.00 bits per heavy atom. The molecule has 0 amide bonds. The molecular formula is C17H24FNO. The fraction of sp³-hybridized carbons (Fsp3) is 0.647. The van der Waals surface area contributed by atoms with E-state index in [0.29, 0.717) is 12.1 Å². The van der Waals surface area contributed by atoms with Gasteiger partial charge in [-0.1, -0.05) is 25.3 Å². The summed E-state index contributed by atoms with van der Waals surface area (Å²) in [6, 6.07) is 5.55. The third-order valence-electron chi connectivity index (χ3n) is 4.58. The van der Waals surface area contributed by atoms with Crippen molar-refractivity contribution in [1.29, 1.82) is 0 Å². The molecule has 1 unspecified atom stereocenters. The van der Waals surface area contributed by atoms with Crippen molar-refractivity contribution >= 4 is 0 Å². The van der Waals surface area contributed by atoms with E-state index < -0.39 is 0 Å². The first-order valence-electron chi connectivity index (χ1n) is 7.96. The Morgan fingerprint density at radius 3 is 2.85 bits per heavy atom. The van der Waals surface area contributed by atoms with Crippen molar-refractivity contribution in [3.63, 3.8) is 0 Å². The molecule has 3 rings (SSSR count). The lowest BCUT2D eigenvalue weighted by Gasteiger charge is -2.22. The number of fused-ring (bicyclic) bond motifs is 1. The highest BCUT2D eigenvalue weighted by Crippen LogP contribution is 2.31. The molecule has 2 aliphatic rings. The predicted octanol–water partition coefficient (Wildman–Crippen LogP) is 3.75. The molecule has 1 N–H and O–H groups in total. The van der Waals surface area contributed by atoms with Gasteiger partial charge in [0, 0.05) is 12.6 Å². The van der Waals surface area contributed by atoms with E-state index >= 15 is 0 Å². The number of nitrogens with one attached hydrogen (secondary N) is 1. The Morgan fingerprint density at radius 1 is 1.15 bits per heavy atom. The maximum absolute atomic E-state index is 13.2. The quantitative estimate of drug-likeness (QED) is 0.828. The lowest BCUT2D eigenvalue weighted by atomic mass is 9.98. The summed E-state index contributed by atoms with van der Waals surface area (Å²) in [5.74, 6) is -0.120. The molecule has 1 fully saturated rings. The molecule has 0 aliphatic heterocycles. The largest absolute Gasteiger partial charge is 0.377 e. The third kappa shape index (κ3) is 3.39. The normalized spacial score (nSPS) is 22.9. The summed E-state index contributed by atoms with van der Waals surface area (Å²) in [5.41, 5.74) is 2.43. The van der Waals surface area contributed by atoms with E-state index in [2.05, 4.69) is 5.32 Å². The summed E-state index contributed by atoms with van der Waals surface area (Å²) in [7, 11) is 0. The highest BCUT2D eigenvalue weighted by atomic mass is 19.1. The van der Waals surface area contributed by atoms with Gasteiger partial charge < -0.3 is 10.1 Å². The fourth-order valence-electron chi connectivity index (χ4n) is 3.49. The van der Waals surface area contributed by atoms with E-state index in [1.54, 1.807) is 12.1 Å². The Kier molecular flexibility index (Phi) is 4.69. The zero-order valence-electron chi connectivity index (χ0n) is 12.0. The first-order chi connectivity index (χ1) is 9.83. The second-order valence-electron chi connectivity index (χ2n) is 6.02. The third-order valence-corrected chi connectivity index (χ3v) is 4.58. The van der Waals surface area contributed by atoms with Gasteiger partial charge in [-0.05, 0) is 48.9 Å². The van der Waals surface area contributed by atoms with E-state index in [1.807, 2.05) is 6.07 Å². The van der Waals surface area contributed by atoms with Crippen LogP contribution in [0.2, 0.25) is 0 Å². The summed E-state index contributed by atoms with van der Waals surface area (Å²) in [5, 5.41) is 3.55. The molecule has 1 aromatic rings. The van der Waals surface area contributed by atoms with Gasteiger partial charge in [0.2, 0.25) is 0 Å². The van der Waals surface area contributed by atoms with E-state index in [1.165, 1.54) is 37.7 Å². The Bertz CT molecular complexity index is 443. The second kappa shape index (κ2) is 6.68. The number of hydrogen-bond donors (Lipinski definition) is 1. The van der Waals surface area contributed by atoms with Crippen LogP contribution in [0, 0.1) is 5.82 Å². The van der Waals surface area contributed by atoms with Crippen LogP contribution >= 0.6 is 0 Å². The summed E-state index contributed by atoms with van der Waals surface area (Å²) >= 11 is 0. The van der Waals surface area contributed by atoms with Gasteiger partial charge in [0.1, 0.15) is 5.82 Å². The lowest BCUT2D eigenvalue weighted by Crippen LogP contribution is -2.26. The van der Waals surface area contributed by atoms with E-state index in [0.717, 1.165) is 31.6 Å². The van der Waals surface area contributed by atoms with E-state index in [9.17, 15) is 4.39 Å². The maximum atomic E-state index is 13.2. The van der Waals surface area contributed by atoms with Gasteiger partial charge in [-0.15, -0.1) is 0 Å². The summed E-state index contributed by atoms with van der Waals surface area (Å²) in [6.45, 7) is 1.68. The highest BCUT2D eigenvalue weighted by Gasteiger charge is 2.22. The maximum Gasteiger partial charge on any atom is 0.123 e. The minimum Gasteiger partial charge on any atom is -0.377 e. The van der Waals surface area contributed by atoms with Gasteiger partial charge >= 0.3 is 0 Å². The number of halogens is 1. The van der Waals surface area contributed by atoms with Crippen LogP contribution in [0.3, 0.4) is 0 Å². The van der Waals surface area contributed by atoms with Crippen LogP contribution in [0.5, 0.6) is 0 Å². The minimum absolute atomic E-state index is 0.120. The van der Waals surface area contributed by atoms with Crippen molar-refractivity contribution in [3.05, 3.63) is 35.1 Å². The molecule has 20 heavy (non-hydrogen) atoms. The smallest absolute Gasteiger partial charge is 0.123 e. The van der Waals surface area contributed by atoms with Gasteiger partial charge in [0.25, 0.3) is 0 Å².